The van der Waals surface area contributed by atoms with Crippen LogP contribution in [-0.4, -0.2) is 29.6 Å². The number of amides is 1. The first-order valence-electron chi connectivity index (χ1n) is 8.21. The maximum atomic E-state index is 12.3. The van der Waals surface area contributed by atoms with Gasteiger partial charge in [-0.05, 0) is 30.7 Å². The van der Waals surface area contributed by atoms with Gasteiger partial charge < -0.3 is 14.6 Å². The predicted octanol–water partition coefficient (Wildman–Crippen LogP) is 3.16. The van der Waals surface area contributed by atoms with E-state index in [-0.39, 0.29) is 18.5 Å². The summed E-state index contributed by atoms with van der Waals surface area (Å²) in [5, 5.41) is 3.90. The molecular weight excluding hydrogens is 316 g/mol. The van der Waals surface area contributed by atoms with Gasteiger partial charge in [0.25, 0.3) is 5.91 Å². The molecule has 0 saturated heterocycles. The van der Waals surface area contributed by atoms with Gasteiger partial charge in [0.1, 0.15) is 5.69 Å². The molecular formula is C20H20N2O3. The molecule has 0 fully saturated rings. The molecule has 5 nitrogen and oxygen atoms in total. The monoisotopic (exact) mass is 336 g/mol. The Balaban J connectivity index is 1.46. The quantitative estimate of drug-likeness (QED) is 0.556. The van der Waals surface area contributed by atoms with E-state index < -0.39 is 0 Å². The van der Waals surface area contributed by atoms with Crippen molar-refractivity contribution < 1.29 is 14.3 Å². The van der Waals surface area contributed by atoms with Gasteiger partial charge in [0.2, 0.25) is 0 Å². The Labute approximate surface area is 146 Å². The van der Waals surface area contributed by atoms with Gasteiger partial charge in [-0.2, -0.15) is 0 Å². The standard InChI is InChI=1S/C20H20N2O3/c1-22-17-11-6-5-10-16(17)14-18(22)19(23)21-12-7-13-25-20(24)15-8-3-2-4-9-15/h2-6,8-11,14H,7,12-13H2,1H3,(H,21,23). The number of aromatic nitrogens is 1. The number of para-hydroxylation sites is 1. The first kappa shape index (κ1) is 16.8. The van der Waals surface area contributed by atoms with Crippen LogP contribution >= 0.6 is 0 Å². The molecule has 0 saturated carbocycles. The van der Waals surface area contributed by atoms with E-state index in [0.717, 1.165) is 10.9 Å². The summed E-state index contributed by atoms with van der Waals surface area (Å²) in [7, 11) is 1.87. The summed E-state index contributed by atoms with van der Waals surface area (Å²) in [6.45, 7) is 0.714. The Bertz CT molecular complexity index is 884. The van der Waals surface area contributed by atoms with Gasteiger partial charge in [-0.25, -0.2) is 4.79 Å². The zero-order valence-electron chi connectivity index (χ0n) is 14.1. The number of ether oxygens (including phenoxy) is 1. The molecule has 25 heavy (non-hydrogen) atoms. The molecule has 5 heteroatoms. The number of carbonyl (C=O) groups excluding carboxylic acids is 2. The molecule has 0 aliphatic heterocycles. The van der Waals surface area contributed by atoms with E-state index in [1.165, 1.54) is 0 Å². The van der Waals surface area contributed by atoms with Crippen LogP contribution < -0.4 is 5.32 Å². The van der Waals surface area contributed by atoms with E-state index in [1.807, 2.05) is 48.0 Å². The van der Waals surface area contributed by atoms with Crippen LogP contribution in [0.15, 0.2) is 60.7 Å². The maximum absolute atomic E-state index is 12.3. The number of hydrogen-bond donors (Lipinski definition) is 1. The molecule has 0 aliphatic carbocycles. The second kappa shape index (κ2) is 7.66. The van der Waals surface area contributed by atoms with Crippen molar-refractivity contribution >= 4 is 22.8 Å². The minimum atomic E-state index is -0.347. The largest absolute Gasteiger partial charge is 0.462 e. The fraction of sp³-hybridized carbons (Fsp3) is 0.200. The lowest BCUT2D eigenvalue weighted by Crippen LogP contribution is -2.27. The van der Waals surface area contributed by atoms with Crippen LogP contribution in [0.25, 0.3) is 10.9 Å². The predicted molar refractivity (Wildman–Crippen MR) is 96.6 cm³/mol. The molecule has 1 heterocycles. The number of carbonyl (C=O) groups is 2. The zero-order valence-corrected chi connectivity index (χ0v) is 14.1. The van der Waals surface area contributed by atoms with Crippen molar-refractivity contribution in [2.45, 2.75) is 6.42 Å². The second-order valence-electron chi connectivity index (χ2n) is 5.76. The molecule has 1 amide bonds. The molecule has 1 aromatic heterocycles. The van der Waals surface area contributed by atoms with Gasteiger partial charge in [-0.1, -0.05) is 36.4 Å². The molecule has 0 atom stereocenters. The minimum absolute atomic E-state index is 0.131. The van der Waals surface area contributed by atoms with E-state index in [1.54, 1.807) is 24.3 Å². The molecule has 1 N–H and O–H groups in total. The highest BCUT2D eigenvalue weighted by atomic mass is 16.5. The number of hydrogen-bond acceptors (Lipinski definition) is 3. The first-order chi connectivity index (χ1) is 12.2. The number of benzene rings is 2. The zero-order chi connectivity index (χ0) is 17.6. The Kier molecular flexibility index (Phi) is 5.14. The summed E-state index contributed by atoms with van der Waals surface area (Å²) in [6.07, 6.45) is 0.564. The lowest BCUT2D eigenvalue weighted by Gasteiger charge is -2.07. The van der Waals surface area contributed by atoms with Crippen LogP contribution in [0.3, 0.4) is 0 Å². The minimum Gasteiger partial charge on any atom is -0.462 e. The molecule has 2 aromatic carbocycles. The van der Waals surface area contributed by atoms with Crippen LogP contribution in [0.5, 0.6) is 0 Å². The van der Waals surface area contributed by atoms with Gasteiger partial charge in [-0.3, -0.25) is 4.79 Å². The Morgan fingerprint density at radius 2 is 1.76 bits per heavy atom. The van der Waals surface area contributed by atoms with E-state index >= 15 is 0 Å². The van der Waals surface area contributed by atoms with Crippen LogP contribution in [0.1, 0.15) is 27.3 Å². The molecule has 0 unspecified atom stereocenters. The van der Waals surface area contributed by atoms with Gasteiger partial charge >= 0.3 is 5.97 Å². The highest BCUT2D eigenvalue weighted by Gasteiger charge is 2.12. The van der Waals surface area contributed by atoms with Gasteiger partial charge in [0, 0.05) is 24.5 Å². The second-order valence-corrected chi connectivity index (χ2v) is 5.76. The van der Waals surface area contributed by atoms with Crippen molar-refractivity contribution in [3.63, 3.8) is 0 Å². The average molecular weight is 336 g/mol. The third kappa shape index (κ3) is 3.88. The van der Waals surface area contributed by atoms with Crippen LogP contribution in [0, 0.1) is 0 Å². The summed E-state index contributed by atoms with van der Waals surface area (Å²) in [5.41, 5.74) is 2.16. The number of nitrogens with one attached hydrogen (secondary N) is 1. The van der Waals surface area contributed by atoms with Gasteiger partial charge in [0.15, 0.2) is 0 Å². The third-order valence-corrected chi connectivity index (χ3v) is 4.03. The van der Waals surface area contributed by atoms with E-state index in [0.29, 0.717) is 24.2 Å². The van der Waals surface area contributed by atoms with Gasteiger partial charge in [0.05, 0.1) is 12.2 Å². The Morgan fingerprint density at radius 3 is 2.52 bits per heavy atom. The summed E-state index contributed by atoms with van der Waals surface area (Å²) in [6, 6.07) is 18.6. The van der Waals surface area contributed by atoms with Crippen molar-refractivity contribution in [2.24, 2.45) is 7.05 Å². The van der Waals surface area contributed by atoms with Crippen molar-refractivity contribution in [2.75, 3.05) is 13.2 Å². The summed E-state index contributed by atoms with van der Waals surface area (Å²) in [4.78, 5) is 24.1. The van der Waals surface area contributed by atoms with Crippen molar-refractivity contribution in [3.05, 3.63) is 71.9 Å². The van der Waals surface area contributed by atoms with Crippen molar-refractivity contribution in [1.82, 2.24) is 9.88 Å². The highest BCUT2D eigenvalue weighted by Crippen LogP contribution is 2.18. The molecule has 3 rings (SSSR count). The fourth-order valence-corrected chi connectivity index (χ4v) is 2.69. The molecule has 128 valence electrons. The molecule has 0 radical (unpaired) electrons. The first-order valence-corrected chi connectivity index (χ1v) is 8.21. The average Bonchev–Trinajstić information content (AvgIpc) is 2.99. The Hall–Kier alpha value is -3.08. The van der Waals surface area contributed by atoms with E-state index in [4.69, 9.17) is 4.74 Å². The van der Waals surface area contributed by atoms with Crippen LogP contribution in [-0.2, 0) is 11.8 Å². The SMILES string of the molecule is Cn1c(C(=O)NCCCOC(=O)c2ccccc2)cc2ccccc21. The molecule has 0 bridgehead atoms. The fourth-order valence-electron chi connectivity index (χ4n) is 2.69. The van der Waals surface area contributed by atoms with E-state index in [2.05, 4.69) is 5.32 Å². The van der Waals surface area contributed by atoms with Crippen molar-refractivity contribution in [1.29, 1.82) is 0 Å². The maximum Gasteiger partial charge on any atom is 0.338 e. The number of aryl methyl sites for hydroxylation is 1. The highest BCUT2D eigenvalue weighted by molar-refractivity contribution is 5.98. The lowest BCUT2D eigenvalue weighted by atomic mass is 10.2. The van der Waals surface area contributed by atoms with Crippen molar-refractivity contribution in [3.8, 4) is 0 Å². The van der Waals surface area contributed by atoms with E-state index in [9.17, 15) is 9.59 Å². The Morgan fingerprint density at radius 1 is 1.04 bits per heavy atom. The normalized spacial score (nSPS) is 10.6. The molecule has 0 spiro atoms. The summed E-state index contributed by atoms with van der Waals surface area (Å²) >= 11 is 0. The molecule has 3 aromatic rings. The lowest BCUT2D eigenvalue weighted by molar-refractivity contribution is 0.0501. The third-order valence-electron chi connectivity index (χ3n) is 4.03. The summed E-state index contributed by atoms with van der Waals surface area (Å²) < 4.78 is 7.07. The smallest absolute Gasteiger partial charge is 0.338 e. The summed E-state index contributed by atoms with van der Waals surface area (Å²) in [5.74, 6) is -0.478. The van der Waals surface area contributed by atoms with Crippen LogP contribution in [0.4, 0.5) is 0 Å². The number of esters is 1. The van der Waals surface area contributed by atoms with Gasteiger partial charge in [-0.15, -0.1) is 0 Å². The number of rotatable bonds is 6. The topological polar surface area (TPSA) is 60.3 Å². The number of nitrogens with zero attached hydrogens (tertiary/aromatic N) is 1. The molecule has 0 aliphatic rings. The number of fused-ring (bicyclic) bond motifs is 1. The van der Waals surface area contributed by atoms with Crippen LogP contribution in [0.2, 0.25) is 0 Å².